The van der Waals surface area contributed by atoms with E-state index in [0.29, 0.717) is 5.56 Å². The van der Waals surface area contributed by atoms with E-state index in [-0.39, 0.29) is 6.42 Å². The Labute approximate surface area is 135 Å². The Bertz CT molecular complexity index is 634. The first-order valence-corrected chi connectivity index (χ1v) is 7.41. The van der Waals surface area contributed by atoms with Crippen LogP contribution in [0.15, 0.2) is 30.3 Å². The molecule has 1 aromatic carbocycles. The molecule has 6 heteroatoms. The highest BCUT2D eigenvalue weighted by Crippen LogP contribution is 2.41. The number of rotatable bonds is 2. The Morgan fingerprint density at radius 1 is 1.26 bits per heavy atom. The number of ketones is 1. The van der Waals surface area contributed by atoms with Gasteiger partial charge < -0.3 is 9.84 Å². The summed E-state index contributed by atoms with van der Waals surface area (Å²) >= 11 is 0. The molecule has 1 saturated heterocycles. The van der Waals surface area contributed by atoms with Crippen molar-refractivity contribution in [2.45, 2.75) is 51.3 Å². The van der Waals surface area contributed by atoms with Gasteiger partial charge in [-0.1, -0.05) is 30.3 Å². The third-order valence-corrected chi connectivity index (χ3v) is 3.91. The van der Waals surface area contributed by atoms with E-state index >= 15 is 0 Å². The molecule has 2 atom stereocenters. The Kier molecular flexibility index (Phi) is 4.20. The van der Waals surface area contributed by atoms with Crippen LogP contribution in [0.2, 0.25) is 0 Å². The molecule has 1 aliphatic rings. The van der Waals surface area contributed by atoms with Crippen LogP contribution in [-0.2, 0) is 14.3 Å². The van der Waals surface area contributed by atoms with Crippen molar-refractivity contribution in [1.29, 1.82) is 0 Å². The fraction of sp³-hybridized carbons (Fsp3) is 0.471. The van der Waals surface area contributed by atoms with E-state index in [1.165, 1.54) is 6.92 Å². The minimum Gasteiger partial charge on any atom is -0.479 e. The van der Waals surface area contributed by atoms with Crippen molar-refractivity contribution in [2.24, 2.45) is 0 Å². The lowest BCUT2D eigenvalue weighted by atomic mass is 9.98. The van der Waals surface area contributed by atoms with E-state index < -0.39 is 35.0 Å². The lowest BCUT2D eigenvalue weighted by Crippen LogP contribution is -2.56. The van der Waals surface area contributed by atoms with Gasteiger partial charge in [0.15, 0.2) is 11.3 Å². The zero-order valence-corrected chi connectivity index (χ0v) is 13.7. The van der Waals surface area contributed by atoms with Gasteiger partial charge in [0.2, 0.25) is 0 Å². The van der Waals surface area contributed by atoms with Crippen LogP contribution in [0.25, 0.3) is 0 Å². The first-order chi connectivity index (χ1) is 10.6. The Morgan fingerprint density at radius 3 is 2.30 bits per heavy atom. The summed E-state index contributed by atoms with van der Waals surface area (Å²) in [5, 5.41) is 9.55. The predicted molar refractivity (Wildman–Crippen MR) is 82.9 cm³/mol. The van der Waals surface area contributed by atoms with E-state index in [4.69, 9.17) is 4.74 Å². The number of Topliss-reactive ketones (excluding diaryl/α,β-unsaturated/α-hetero) is 1. The van der Waals surface area contributed by atoms with E-state index in [9.17, 15) is 19.5 Å². The quantitative estimate of drug-likeness (QED) is 0.847. The smallest absolute Gasteiger partial charge is 0.412 e. The van der Waals surface area contributed by atoms with Gasteiger partial charge in [-0.05, 0) is 33.3 Å². The molecule has 0 radical (unpaired) electrons. The highest BCUT2D eigenvalue weighted by atomic mass is 16.6. The number of ether oxygens (including phenoxy) is 1. The van der Waals surface area contributed by atoms with Gasteiger partial charge >= 0.3 is 12.1 Å². The lowest BCUT2D eigenvalue weighted by molar-refractivity contribution is -0.153. The molecule has 1 N–H and O–H groups in total. The number of carbonyl (C=O) groups excluding carboxylic acids is 2. The first-order valence-electron chi connectivity index (χ1n) is 7.41. The fourth-order valence-electron chi connectivity index (χ4n) is 2.70. The third-order valence-electron chi connectivity index (χ3n) is 3.91. The molecule has 0 saturated carbocycles. The summed E-state index contributed by atoms with van der Waals surface area (Å²) < 4.78 is 5.34. The summed E-state index contributed by atoms with van der Waals surface area (Å²) in [6.07, 6.45) is -0.853. The molecule has 0 aliphatic carbocycles. The fourth-order valence-corrected chi connectivity index (χ4v) is 2.70. The molecule has 2 rings (SSSR count). The average molecular weight is 319 g/mol. The van der Waals surface area contributed by atoms with E-state index in [0.717, 1.165) is 4.90 Å². The van der Waals surface area contributed by atoms with Gasteiger partial charge in [-0.2, -0.15) is 0 Å². The minimum absolute atomic E-state index is 0.0495. The summed E-state index contributed by atoms with van der Waals surface area (Å²) in [6.45, 7) is 6.33. The zero-order chi connectivity index (χ0) is 17.4. The third kappa shape index (κ3) is 3.06. The molecular weight excluding hydrogens is 298 g/mol. The summed E-state index contributed by atoms with van der Waals surface area (Å²) in [5.41, 5.74) is -2.01. The van der Waals surface area contributed by atoms with Gasteiger partial charge in [0.05, 0.1) is 6.04 Å². The Balaban J connectivity index is 2.49. The van der Waals surface area contributed by atoms with Gasteiger partial charge in [0, 0.05) is 6.42 Å². The maximum atomic E-state index is 12.6. The molecule has 124 valence electrons. The van der Waals surface area contributed by atoms with Crippen LogP contribution in [0.4, 0.5) is 4.79 Å². The topological polar surface area (TPSA) is 83.9 Å². The van der Waals surface area contributed by atoms with Gasteiger partial charge in [0.25, 0.3) is 0 Å². The zero-order valence-electron chi connectivity index (χ0n) is 13.7. The molecule has 6 nitrogen and oxygen atoms in total. The van der Waals surface area contributed by atoms with Crippen molar-refractivity contribution < 1.29 is 24.2 Å². The van der Waals surface area contributed by atoms with Crippen LogP contribution in [0.3, 0.4) is 0 Å². The van der Waals surface area contributed by atoms with Crippen LogP contribution >= 0.6 is 0 Å². The predicted octanol–water partition coefficient (Wildman–Crippen LogP) is 2.78. The maximum absolute atomic E-state index is 12.6. The second-order valence-corrected chi connectivity index (χ2v) is 6.78. The van der Waals surface area contributed by atoms with Crippen LogP contribution in [0.1, 0.15) is 45.7 Å². The Morgan fingerprint density at radius 2 is 1.83 bits per heavy atom. The summed E-state index contributed by atoms with van der Waals surface area (Å²) in [4.78, 5) is 37.7. The van der Waals surface area contributed by atoms with Crippen molar-refractivity contribution >= 4 is 17.8 Å². The number of carboxylic acids is 1. The number of hydrogen-bond acceptors (Lipinski definition) is 4. The van der Waals surface area contributed by atoms with E-state index in [1.807, 2.05) is 6.07 Å². The second kappa shape index (κ2) is 5.68. The van der Waals surface area contributed by atoms with Gasteiger partial charge in [0.1, 0.15) is 5.60 Å². The number of nitrogens with zero attached hydrogens (tertiary/aromatic N) is 1. The number of hydrogen-bond donors (Lipinski definition) is 1. The number of aliphatic carboxylic acids is 1. The van der Waals surface area contributed by atoms with Crippen LogP contribution in [0, 0.1) is 0 Å². The Hall–Kier alpha value is -2.37. The van der Waals surface area contributed by atoms with Gasteiger partial charge in [-0.3, -0.25) is 9.69 Å². The molecule has 1 aromatic rings. The van der Waals surface area contributed by atoms with E-state index in [1.54, 1.807) is 45.0 Å². The number of likely N-dealkylation sites (tertiary alicyclic amines) is 1. The molecule has 1 heterocycles. The molecule has 23 heavy (non-hydrogen) atoms. The summed E-state index contributed by atoms with van der Waals surface area (Å²) in [6, 6.07) is 8.26. The van der Waals surface area contributed by atoms with E-state index in [2.05, 4.69) is 0 Å². The molecule has 1 fully saturated rings. The molecule has 0 aromatic heterocycles. The molecule has 2 unspecified atom stereocenters. The highest BCUT2D eigenvalue weighted by molar-refractivity contribution is 6.11. The number of carbonyl (C=O) groups is 3. The van der Waals surface area contributed by atoms with Gasteiger partial charge in [-0.25, -0.2) is 9.59 Å². The average Bonchev–Trinajstić information content (AvgIpc) is 2.71. The monoisotopic (exact) mass is 319 g/mol. The number of amides is 1. The molecule has 1 amide bonds. The molecule has 0 spiro atoms. The molecule has 1 aliphatic heterocycles. The van der Waals surface area contributed by atoms with Crippen molar-refractivity contribution in [3.63, 3.8) is 0 Å². The number of benzene rings is 1. The van der Waals surface area contributed by atoms with Crippen molar-refractivity contribution in [1.82, 2.24) is 4.90 Å². The standard InChI is InChI=1S/C17H21NO5/c1-16(2,3)23-15(22)18-12(11-8-6-5-7-9-11)10-13(19)17(18,4)14(20)21/h5-9,12H,10H2,1-4H3,(H,20,21). The van der Waals surface area contributed by atoms with Crippen molar-refractivity contribution in [2.75, 3.05) is 0 Å². The lowest BCUT2D eigenvalue weighted by Gasteiger charge is -2.35. The molecular formula is C17H21NO5. The van der Waals surface area contributed by atoms with Crippen LogP contribution in [-0.4, -0.2) is 39.0 Å². The summed E-state index contributed by atoms with van der Waals surface area (Å²) in [5.74, 6) is -1.86. The highest BCUT2D eigenvalue weighted by Gasteiger charge is 2.58. The van der Waals surface area contributed by atoms with Gasteiger partial charge in [-0.15, -0.1) is 0 Å². The minimum atomic E-state index is -1.93. The summed E-state index contributed by atoms with van der Waals surface area (Å²) in [7, 11) is 0. The van der Waals surface area contributed by atoms with Crippen molar-refractivity contribution in [3.05, 3.63) is 35.9 Å². The van der Waals surface area contributed by atoms with Crippen LogP contribution in [0.5, 0.6) is 0 Å². The van der Waals surface area contributed by atoms with Crippen molar-refractivity contribution in [3.8, 4) is 0 Å². The molecule has 0 bridgehead atoms. The van der Waals surface area contributed by atoms with Crippen LogP contribution < -0.4 is 0 Å². The maximum Gasteiger partial charge on any atom is 0.412 e. The number of carboxylic acid groups (broad SMARTS) is 1. The largest absolute Gasteiger partial charge is 0.479 e. The SMILES string of the molecule is CC(C)(C)OC(=O)N1C(c2ccccc2)CC(=O)C1(C)C(=O)O. The normalized spacial score (nSPS) is 24.6. The second-order valence-electron chi connectivity index (χ2n) is 6.78. The first kappa shape index (κ1) is 17.0.